The third kappa shape index (κ3) is 14.3. The lowest BCUT2D eigenvalue weighted by atomic mass is 9.95. The number of nitrogens with zero attached hydrogens (tertiary/aromatic N) is 4. The highest BCUT2D eigenvalue weighted by molar-refractivity contribution is 6.11. The highest BCUT2D eigenvalue weighted by Crippen LogP contribution is 2.37. The van der Waals surface area contributed by atoms with Crippen molar-refractivity contribution in [2.75, 3.05) is 54.4 Å². The Kier molecular flexibility index (Phi) is 21.1. The Balaban J connectivity index is 0.000000601. The number of rotatable bonds is 19. The van der Waals surface area contributed by atoms with E-state index in [4.69, 9.17) is 23.7 Å². The van der Waals surface area contributed by atoms with Gasteiger partial charge in [-0.25, -0.2) is 0 Å². The number of aromatic nitrogens is 1. The number of amides is 2. The average molecular weight is 864 g/mol. The van der Waals surface area contributed by atoms with Crippen LogP contribution >= 0.6 is 0 Å². The molecule has 2 heterocycles. The lowest BCUT2D eigenvalue weighted by Gasteiger charge is -2.26. The molecule has 13 nitrogen and oxygen atoms in total. The molecule has 1 aromatic heterocycles. The Labute approximate surface area is 373 Å². The zero-order valence-corrected chi connectivity index (χ0v) is 38.9. The van der Waals surface area contributed by atoms with Crippen LogP contribution in [0.25, 0.3) is 17.0 Å². The highest BCUT2D eigenvalue weighted by Gasteiger charge is 2.27. The molecule has 1 atom stereocenters. The first kappa shape index (κ1) is 50.9. The molecule has 2 amide bonds. The quantitative estimate of drug-likeness (QED) is 0.0184. The number of ether oxygens (including phenoxy) is 5. The first-order chi connectivity index (χ1) is 30.3. The van der Waals surface area contributed by atoms with Crippen LogP contribution in [0.2, 0.25) is 0 Å². The maximum atomic E-state index is 13.3. The molecule has 0 spiro atoms. The van der Waals surface area contributed by atoms with Gasteiger partial charge in [-0.1, -0.05) is 56.3 Å². The van der Waals surface area contributed by atoms with Crippen LogP contribution in [0.5, 0.6) is 23.0 Å². The van der Waals surface area contributed by atoms with Gasteiger partial charge in [-0.15, -0.1) is 0 Å². The SMILES string of the molecule is C=C(C=C(C)C)OC.CCN(C=O)CC.CCc1c(C(=O)/C=C/c2ccc(OCNCOc3cc4c(cc3OC)C(=O)N(CC)C(CC)C=N4)c(OC)c2)c(C)nc2ccccc12. The van der Waals surface area contributed by atoms with Crippen LogP contribution in [0.1, 0.15) is 92.4 Å². The molecule has 1 aliphatic rings. The number of methoxy groups -OCH3 is 3. The monoisotopic (exact) mass is 863 g/mol. The summed E-state index contributed by atoms with van der Waals surface area (Å²) in [4.78, 5) is 49.2. The standard InChI is InChI=1S/C38H42N4O6.C7H12O.C5H11NO/c1-7-26-21-40-31-20-36(35(46-6)19-29(31)38(44)42(26)9-3)48-23-39-22-47-33-17-15-25(18-34(33)45-5)14-16-32(43)37-24(4)41-30-13-11-10-12-28(30)27(37)8-2;1-6(2)5-7(3)8-4;1-3-6(4-2)5-7/h10-21,26,39H,7-9,22-23H2,1-6H3;5H,3H2,1-2,4H3;5H,3-4H2,1-2H3/b16-14+;;. The number of benzene rings is 3. The maximum Gasteiger partial charge on any atom is 0.256 e. The van der Waals surface area contributed by atoms with E-state index in [-0.39, 0.29) is 31.2 Å². The van der Waals surface area contributed by atoms with E-state index in [1.54, 1.807) is 54.4 Å². The summed E-state index contributed by atoms with van der Waals surface area (Å²) >= 11 is 0. The van der Waals surface area contributed by atoms with Crippen LogP contribution in [0.4, 0.5) is 5.69 Å². The summed E-state index contributed by atoms with van der Waals surface area (Å²) in [5.41, 5.74) is 6.27. The third-order valence-electron chi connectivity index (χ3n) is 10.0. The minimum absolute atomic E-state index is 0.0696. The van der Waals surface area contributed by atoms with E-state index >= 15 is 0 Å². The molecule has 1 N–H and O–H groups in total. The Morgan fingerprint density at radius 2 is 1.57 bits per heavy atom. The molecule has 3 aromatic carbocycles. The summed E-state index contributed by atoms with van der Waals surface area (Å²) in [5, 5.41) is 4.09. The number of carbonyl (C=O) groups excluding carboxylic acids is 3. The van der Waals surface area contributed by atoms with Gasteiger partial charge in [-0.2, -0.15) is 0 Å². The molecule has 0 saturated heterocycles. The first-order valence-corrected chi connectivity index (χ1v) is 21.2. The lowest BCUT2D eigenvalue weighted by Crippen LogP contribution is -2.39. The van der Waals surface area contributed by atoms with Crippen molar-refractivity contribution in [3.05, 3.63) is 113 Å². The van der Waals surface area contributed by atoms with Crippen molar-refractivity contribution in [1.82, 2.24) is 20.1 Å². The summed E-state index contributed by atoms with van der Waals surface area (Å²) in [6, 6.07) is 16.7. The topological polar surface area (TPSA) is 141 Å². The zero-order chi connectivity index (χ0) is 46.5. The Bertz CT molecular complexity index is 2260. The van der Waals surface area contributed by atoms with Crippen molar-refractivity contribution in [3.8, 4) is 23.0 Å². The molecule has 338 valence electrons. The lowest BCUT2D eigenvalue weighted by molar-refractivity contribution is -0.117. The van der Waals surface area contributed by atoms with Gasteiger partial charge >= 0.3 is 0 Å². The second kappa shape index (κ2) is 26.1. The van der Waals surface area contributed by atoms with E-state index in [2.05, 4.69) is 28.8 Å². The van der Waals surface area contributed by atoms with Crippen LogP contribution in [0.15, 0.2) is 89.7 Å². The summed E-state index contributed by atoms with van der Waals surface area (Å²) in [6.07, 6.45) is 9.41. The number of pyridine rings is 1. The fourth-order valence-electron chi connectivity index (χ4n) is 6.68. The number of hydrogen-bond acceptors (Lipinski definition) is 11. The van der Waals surface area contributed by atoms with Crippen molar-refractivity contribution in [3.63, 3.8) is 0 Å². The highest BCUT2D eigenvalue weighted by atomic mass is 16.5. The molecule has 63 heavy (non-hydrogen) atoms. The van der Waals surface area contributed by atoms with Crippen LogP contribution < -0.4 is 24.3 Å². The van der Waals surface area contributed by atoms with Gasteiger partial charge in [0.2, 0.25) is 6.41 Å². The van der Waals surface area contributed by atoms with Crippen LogP contribution in [-0.4, -0.2) is 99.6 Å². The largest absolute Gasteiger partial charge is 0.497 e. The summed E-state index contributed by atoms with van der Waals surface area (Å²) < 4.78 is 27.7. The van der Waals surface area contributed by atoms with Crippen molar-refractivity contribution in [1.29, 1.82) is 0 Å². The zero-order valence-electron chi connectivity index (χ0n) is 38.9. The Morgan fingerprint density at radius 3 is 2.13 bits per heavy atom. The number of nitrogens with one attached hydrogen (secondary N) is 1. The maximum absolute atomic E-state index is 13.3. The van der Waals surface area contributed by atoms with Gasteiger partial charge in [0, 0.05) is 48.6 Å². The number of hydrogen-bond donors (Lipinski definition) is 1. The predicted molar refractivity (Wildman–Crippen MR) is 253 cm³/mol. The number of ketones is 1. The number of carbonyl (C=O) groups is 3. The molecule has 5 rings (SSSR count). The van der Waals surface area contributed by atoms with Gasteiger partial charge in [0.25, 0.3) is 5.91 Å². The molecule has 1 unspecified atom stereocenters. The van der Waals surface area contributed by atoms with E-state index in [0.29, 0.717) is 52.1 Å². The first-order valence-electron chi connectivity index (χ1n) is 21.2. The van der Waals surface area contributed by atoms with Crippen molar-refractivity contribution in [2.24, 2.45) is 4.99 Å². The van der Waals surface area contributed by atoms with Crippen LogP contribution in [-0.2, 0) is 16.0 Å². The fraction of sp³-hybridized carbons (Fsp3) is 0.380. The van der Waals surface area contributed by atoms with E-state index in [0.717, 1.165) is 60.1 Å². The molecule has 0 bridgehead atoms. The second-order valence-corrected chi connectivity index (χ2v) is 14.4. The molecule has 13 heteroatoms. The molecular weight excluding hydrogens is 799 g/mol. The Morgan fingerprint density at radius 1 is 0.905 bits per heavy atom. The molecule has 4 aromatic rings. The van der Waals surface area contributed by atoms with E-state index in [1.807, 2.05) is 97.2 Å². The number of aliphatic imine (C=N–C) groups is 1. The van der Waals surface area contributed by atoms with E-state index in [1.165, 1.54) is 12.7 Å². The van der Waals surface area contributed by atoms with E-state index < -0.39 is 0 Å². The minimum Gasteiger partial charge on any atom is -0.497 e. The smallest absolute Gasteiger partial charge is 0.256 e. The van der Waals surface area contributed by atoms with Crippen LogP contribution in [0, 0.1) is 6.92 Å². The van der Waals surface area contributed by atoms with Crippen molar-refractivity contribution < 1.29 is 38.1 Å². The third-order valence-corrected chi connectivity index (χ3v) is 10.0. The number of para-hydroxylation sites is 1. The van der Waals surface area contributed by atoms with Gasteiger partial charge in [-0.3, -0.25) is 29.7 Å². The summed E-state index contributed by atoms with van der Waals surface area (Å²) in [7, 11) is 4.71. The number of fused-ring (bicyclic) bond motifs is 2. The summed E-state index contributed by atoms with van der Waals surface area (Å²) in [6.45, 7) is 21.9. The molecule has 0 radical (unpaired) electrons. The minimum atomic E-state index is -0.0938. The predicted octanol–water partition coefficient (Wildman–Crippen LogP) is 9.54. The van der Waals surface area contributed by atoms with Crippen molar-refractivity contribution >= 4 is 47.0 Å². The van der Waals surface area contributed by atoms with Gasteiger partial charge < -0.3 is 33.5 Å². The van der Waals surface area contributed by atoms with Gasteiger partial charge in [0.15, 0.2) is 28.8 Å². The summed E-state index contributed by atoms with van der Waals surface area (Å²) in [5.74, 6) is 2.47. The molecule has 0 fully saturated rings. The van der Waals surface area contributed by atoms with Gasteiger partial charge in [0.1, 0.15) is 19.2 Å². The van der Waals surface area contributed by atoms with Crippen LogP contribution in [0.3, 0.4) is 0 Å². The normalized spacial score (nSPS) is 12.8. The number of allylic oxidation sites excluding steroid dienone is 3. The molecule has 0 aliphatic carbocycles. The molecular formula is C50H65N5O8. The van der Waals surface area contributed by atoms with Gasteiger partial charge in [-0.05, 0) is 102 Å². The number of aryl methyl sites for hydroxylation is 2. The Hall–Kier alpha value is -6.47. The average Bonchev–Trinajstić information content (AvgIpc) is 3.42. The van der Waals surface area contributed by atoms with Crippen molar-refractivity contribution in [2.45, 2.75) is 74.3 Å². The second-order valence-electron chi connectivity index (χ2n) is 14.4. The van der Waals surface area contributed by atoms with Gasteiger partial charge in [0.05, 0.1) is 44.1 Å². The van der Waals surface area contributed by atoms with E-state index in [9.17, 15) is 14.4 Å². The molecule has 0 saturated carbocycles. The molecule has 1 aliphatic heterocycles. The fourth-order valence-corrected chi connectivity index (χ4v) is 6.68.